The van der Waals surface area contributed by atoms with Crippen molar-refractivity contribution < 1.29 is 9.18 Å². The van der Waals surface area contributed by atoms with Crippen LogP contribution in [0.5, 0.6) is 0 Å². The van der Waals surface area contributed by atoms with Gasteiger partial charge in [0.2, 0.25) is 0 Å². The summed E-state index contributed by atoms with van der Waals surface area (Å²) < 4.78 is 14.3. The number of hydrogen-bond donors (Lipinski definition) is 0. The predicted octanol–water partition coefficient (Wildman–Crippen LogP) is 4.38. The highest BCUT2D eigenvalue weighted by Crippen LogP contribution is 2.21. The van der Waals surface area contributed by atoms with Crippen LogP contribution in [0.2, 0.25) is 0 Å². The molecule has 0 atom stereocenters. The smallest absolute Gasteiger partial charge is 0.168 e. The summed E-state index contributed by atoms with van der Waals surface area (Å²) in [7, 11) is 0. The summed E-state index contributed by atoms with van der Waals surface area (Å²) in [4.78, 5) is 12.9. The molecule has 1 aromatic carbocycles. The second-order valence-corrected chi connectivity index (χ2v) is 5.71. The number of rotatable bonds is 3. The fourth-order valence-electron chi connectivity index (χ4n) is 1.47. The molecule has 2 rings (SSSR count). The van der Waals surface area contributed by atoms with Gasteiger partial charge in [-0.05, 0) is 40.5 Å². The van der Waals surface area contributed by atoms with E-state index in [1.807, 2.05) is 11.4 Å². The van der Waals surface area contributed by atoms with Crippen LogP contribution in [0.4, 0.5) is 4.39 Å². The summed E-state index contributed by atoms with van der Waals surface area (Å²) in [5.41, 5.74) is 0.984. The van der Waals surface area contributed by atoms with Crippen molar-refractivity contribution in [3.8, 4) is 0 Å². The fourth-order valence-corrected chi connectivity index (χ4v) is 2.92. The van der Waals surface area contributed by atoms with Crippen LogP contribution in [0.15, 0.2) is 34.1 Å². The first-order chi connectivity index (χ1) is 8.06. The van der Waals surface area contributed by atoms with Gasteiger partial charge in [0.1, 0.15) is 5.82 Å². The zero-order valence-electron chi connectivity index (χ0n) is 9.17. The molecule has 4 heteroatoms. The van der Waals surface area contributed by atoms with E-state index in [2.05, 4.69) is 15.9 Å². The lowest BCUT2D eigenvalue weighted by molar-refractivity contribution is 0.0993. The minimum atomic E-state index is -0.330. The Kier molecular flexibility index (Phi) is 3.74. The van der Waals surface area contributed by atoms with Gasteiger partial charge in [-0.15, -0.1) is 11.3 Å². The minimum Gasteiger partial charge on any atom is -0.294 e. The van der Waals surface area contributed by atoms with Crippen molar-refractivity contribution in [2.45, 2.75) is 13.3 Å². The lowest BCUT2D eigenvalue weighted by Gasteiger charge is -2.01. The highest BCUT2D eigenvalue weighted by Gasteiger charge is 2.10. The Hall–Kier alpha value is -1.00. The van der Waals surface area contributed by atoms with Crippen LogP contribution in [0, 0.1) is 12.7 Å². The molecule has 0 spiro atoms. The number of carbonyl (C=O) groups is 1. The Morgan fingerprint density at radius 3 is 2.76 bits per heavy atom. The molecule has 0 unspecified atom stereocenters. The number of Topliss-reactive ketones (excluding diaryl/α,β-unsaturated/α-hetero) is 1. The number of thiophene rings is 1. The molecule has 1 heterocycles. The first-order valence-corrected chi connectivity index (χ1v) is 6.76. The molecule has 0 aliphatic rings. The first kappa shape index (κ1) is 12.5. The number of ketones is 1. The molecule has 0 aliphatic carbocycles. The number of hydrogen-bond acceptors (Lipinski definition) is 2. The van der Waals surface area contributed by atoms with E-state index in [-0.39, 0.29) is 11.6 Å². The van der Waals surface area contributed by atoms with Crippen molar-refractivity contribution in [1.29, 1.82) is 0 Å². The number of carbonyl (C=O) groups excluding carboxylic acids is 1. The van der Waals surface area contributed by atoms with Gasteiger partial charge in [-0.1, -0.05) is 12.1 Å². The molecule has 0 saturated heterocycles. The molecule has 1 aromatic heterocycles. The van der Waals surface area contributed by atoms with Crippen LogP contribution in [0.1, 0.15) is 20.8 Å². The molecule has 0 bridgehead atoms. The third-order valence-electron chi connectivity index (χ3n) is 2.45. The van der Waals surface area contributed by atoms with E-state index in [0.717, 1.165) is 9.35 Å². The molecule has 0 saturated carbocycles. The maximum atomic E-state index is 13.3. The second-order valence-electron chi connectivity index (χ2n) is 3.80. The molecule has 17 heavy (non-hydrogen) atoms. The molecule has 0 aliphatic heterocycles. The van der Waals surface area contributed by atoms with Gasteiger partial charge in [-0.3, -0.25) is 4.79 Å². The number of benzene rings is 1. The third kappa shape index (κ3) is 3.01. The Morgan fingerprint density at radius 1 is 1.41 bits per heavy atom. The van der Waals surface area contributed by atoms with E-state index in [4.69, 9.17) is 0 Å². The summed E-state index contributed by atoms with van der Waals surface area (Å²) >= 11 is 4.86. The second kappa shape index (κ2) is 5.10. The van der Waals surface area contributed by atoms with Crippen LogP contribution < -0.4 is 0 Å². The third-order valence-corrected chi connectivity index (χ3v) is 4.15. The fraction of sp³-hybridized carbons (Fsp3) is 0.154. The van der Waals surface area contributed by atoms with Crippen molar-refractivity contribution in [3.05, 3.63) is 55.9 Å². The van der Waals surface area contributed by atoms with E-state index in [1.54, 1.807) is 19.1 Å². The highest BCUT2D eigenvalue weighted by atomic mass is 79.9. The standard InChI is InChI=1S/C13H10BrFOS/c1-8-2-3-9(4-12(8)15)13(16)6-11-5-10(14)7-17-11/h2-5,7H,6H2,1H3. The van der Waals surface area contributed by atoms with Gasteiger partial charge in [0, 0.05) is 26.7 Å². The molecule has 1 nitrogen and oxygen atoms in total. The van der Waals surface area contributed by atoms with E-state index in [1.165, 1.54) is 17.4 Å². The van der Waals surface area contributed by atoms with E-state index in [9.17, 15) is 9.18 Å². The molecule has 88 valence electrons. The Bertz CT molecular complexity index is 562. The average molecular weight is 313 g/mol. The van der Waals surface area contributed by atoms with Crippen molar-refractivity contribution >= 4 is 33.0 Å². The molecule has 0 N–H and O–H groups in total. The number of aryl methyl sites for hydroxylation is 1. The zero-order valence-corrected chi connectivity index (χ0v) is 11.6. The maximum Gasteiger partial charge on any atom is 0.168 e. The van der Waals surface area contributed by atoms with Crippen molar-refractivity contribution in [3.63, 3.8) is 0 Å². The maximum absolute atomic E-state index is 13.3. The van der Waals surface area contributed by atoms with Gasteiger partial charge in [-0.2, -0.15) is 0 Å². The predicted molar refractivity (Wildman–Crippen MR) is 71.2 cm³/mol. The van der Waals surface area contributed by atoms with Crippen LogP contribution in [0.3, 0.4) is 0 Å². The molecule has 0 amide bonds. The van der Waals surface area contributed by atoms with E-state index in [0.29, 0.717) is 17.5 Å². The molecular formula is C13H10BrFOS. The van der Waals surface area contributed by atoms with Crippen LogP contribution >= 0.6 is 27.3 Å². The van der Waals surface area contributed by atoms with Crippen LogP contribution in [-0.4, -0.2) is 5.78 Å². The van der Waals surface area contributed by atoms with Gasteiger partial charge in [0.25, 0.3) is 0 Å². The monoisotopic (exact) mass is 312 g/mol. The lowest BCUT2D eigenvalue weighted by atomic mass is 10.1. The first-order valence-electron chi connectivity index (χ1n) is 5.08. The van der Waals surface area contributed by atoms with E-state index >= 15 is 0 Å². The Labute approximate surface area is 111 Å². The van der Waals surface area contributed by atoms with Crippen LogP contribution in [0.25, 0.3) is 0 Å². The Morgan fingerprint density at radius 2 is 2.18 bits per heavy atom. The van der Waals surface area contributed by atoms with Crippen molar-refractivity contribution in [2.24, 2.45) is 0 Å². The quantitative estimate of drug-likeness (QED) is 0.768. The molecule has 0 fully saturated rings. The summed E-state index contributed by atoms with van der Waals surface area (Å²) in [6.45, 7) is 1.68. The zero-order chi connectivity index (χ0) is 12.4. The van der Waals surface area contributed by atoms with Crippen molar-refractivity contribution in [1.82, 2.24) is 0 Å². The number of halogens is 2. The molecular weight excluding hydrogens is 303 g/mol. The van der Waals surface area contributed by atoms with Crippen molar-refractivity contribution in [2.75, 3.05) is 0 Å². The Balaban J connectivity index is 2.17. The lowest BCUT2D eigenvalue weighted by Crippen LogP contribution is -2.03. The summed E-state index contributed by atoms with van der Waals surface area (Å²) in [5.74, 6) is -0.388. The van der Waals surface area contributed by atoms with Gasteiger partial charge in [0.15, 0.2) is 5.78 Å². The molecule has 2 aromatic rings. The largest absolute Gasteiger partial charge is 0.294 e. The van der Waals surface area contributed by atoms with Gasteiger partial charge >= 0.3 is 0 Å². The van der Waals surface area contributed by atoms with E-state index < -0.39 is 0 Å². The van der Waals surface area contributed by atoms with Crippen LogP contribution in [-0.2, 0) is 6.42 Å². The van der Waals surface area contributed by atoms with Gasteiger partial charge < -0.3 is 0 Å². The van der Waals surface area contributed by atoms with Gasteiger partial charge in [0.05, 0.1) is 0 Å². The minimum absolute atomic E-state index is 0.0572. The molecule has 0 radical (unpaired) electrons. The summed E-state index contributed by atoms with van der Waals surface area (Å²) in [6, 6.07) is 6.52. The highest BCUT2D eigenvalue weighted by molar-refractivity contribution is 9.10. The summed E-state index contributed by atoms with van der Waals surface area (Å²) in [5, 5.41) is 1.93. The topological polar surface area (TPSA) is 17.1 Å². The normalized spacial score (nSPS) is 10.5. The summed E-state index contributed by atoms with van der Waals surface area (Å²) in [6.07, 6.45) is 0.318. The average Bonchev–Trinajstić information content (AvgIpc) is 2.68. The SMILES string of the molecule is Cc1ccc(C(=O)Cc2cc(Br)cs2)cc1F. The van der Waals surface area contributed by atoms with Gasteiger partial charge in [-0.25, -0.2) is 4.39 Å².